The van der Waals surface area contributed by atoms with Gasteiger partial charge >= 0.3 is 0 Å². The van der Waals surface area contributed by atoms with E-state index >= 15 is 0 Å². The number of carbonyl (C=O) groups excluding carboxylic acids is 2. The molecule has 0 fully saturated rings. The topological polar surface area (TPSA) is 67.2 Å². The highest BCUT2D eigenvalue weighted by atomic mass is 32.1. The van der Waals surface area contributed by atoms with Crippen LogP contribution in [0.5, 0.6) is 0 Å². The Bertz CT molecular complexity index is 720. The first-order valence-corrected chi connectivity index (χ1v) is 8.29. The molecule has 2 amide bonds. The first-order chi connectivity index (χ1) is 11.2. The van der Waals surface area contributed by atoms with Crippen LogP contribution in [0, 0.1) is 0 Å². The molecule has 1 N–H and O–H groups in total. The fourth-order valence-electron chi connectivity index (χ4n) is 2.67. The van der Waals surface area contributed by atoms with Gasteiger partial charge in [-0.2, -0.15) is 5.10 Å². The molecule has 0 radical (unpaired) electrons. The molecule has 120 valence electrons. The van der Waals surface area contributed by atoms with E-state index in [1.165, 1.54) is 0 Å². The van der Waals surface area contributed by atoms with Gasteiger partial charge in [-0.05, 0) is 23.6 Å². The molecule has 3 rings (SSSR count). The van der Waals surface area contributed by atoms with E-state index in [9.17, 15) is 9.59 Å². The average Bonchev–Trinajstić information content (AvgIpc) is 3.23. The van der Waals surface area contributed by atoms with Gasteiger partial charge in [0.25, 0.3) is 0 Å². The van der Waals surface area contributed by atoms with Crippen molar-refractivity contribution in [3.63, 3.8) is 0 Å². The summed E-state index contributed by atoms with van der Waals surface area (Å²) in [6.45, 7) is 0.994. The number of amides is 2. The summed E-state index contributed by atoms with van der Waals surface area (Å²) >= 11 is 1.59. The van der Waals surface area contributed by atoms with Crippen LogP contribution < -0.4 is 5.32 Å². The predicted molar refractivity (Wildman–Crippen MR) is 88.7 cm³/mol. The lowest BCUT2D eigenvalue weighted by molar-refractivity contribution is -0.129. The van der Waals surface area contributed by atoms with E-state index in [0.717, 1.165) is 10.6 Å². The Labute approximate surface area is 138 Å². The molecule has 3 heterocycles. The highest BCUT2D eigenvalue weighted by molar-refractivity contribution is 7.10. The second-order valence-electron chi connectivity index (χ2n) is 5.37. The van der Waals surface area contributed by atoms with E-state index in [-0.39, 0.29) is 17.9 Å². The van der Waals surface area contributed by atoms with E-state index in [1.807, 2.05) is 34.3 Å². The van der Waals surface area contributed by atoms with Crippen molar-refractivity contribution in [2.75, 3.05) is 13.6 Å². The molecule has 23 heavy (non-hydrogen) atoms. The maximum Gasteiger partial charge on any atom is 0.247 e. The Morgan fingerprint density at radius 3 is 3.09 bits per heavy atom. The fraction of sp³-hybridized carbons (Fsp3) is 0.312. The van der Waals surface area contributed by atoms with Gasteiger partial charge in [0.05, 0.1) is 24.7 Å². The van der Waals surface area contributed by atoms with Gasteiger partial charge in [-0.1, -0.05) is 6.07 Å². The van der Waals surface area contributed by atoms with Crippen molar-refractivity contribution in [3.05, 3.63) is 46.4 Å². The van der Waals surface area contributed by atoms with Crippen LogP contribution in [0.3, 0.4) is 0 Å². The van der Waals surface area contributed by atoms with Crippen LogP contribution in [0.1, 0.15) is 23.0 Å². The zero-order chi connectivity index (χ0) is 16.2. The number of nitrogens with zero attached hydrogens (tertiary/aromatic N) is 3. The van der Waals surface area contributed by atoms with Crippen LogP contribution in [0.25, 0.3) is 6.08 Å². The van der Waals surface area contributed by atoms with Crippen LogP contribution in [0.2, 0.25) is 0 Å². The number of carbonyl (C=O) groups is 2. The summed E-state index contributed by atoms with van der Waals surface area (Å²) in [5.41, 5.74) is 0.947. The molecule has 2 aromatic rings. The van der Waals surface area contributed by atoms with Gasteiger partial charge in [-0.25, -0.2) is 0 Å². The quantitative estimate of drug-likeness (QED) is 0.867. The standard InChI is InChI=1S/C16H18N4O2S/c1-17-15(21)9-13-11-19(10-12-6-7-18-20(12)13)16(22)5-4-14-3-2-8-23-14/h2-8,13H,9-11H2,1H3,(H,17,21)/b5-4+/t13-/m1/s1. The van der Waals surface area contributed by atoms with Gasteiger partial charge in [-0.15, -0.1) is 11.3 Å². The highest BCUT2D eigenvalue weighted by Crippen LogP contribution is 2.23. The molecule has 7 heteroatoms. The smallest absolute Gasteiger partial charge is 0.247 e. The summed E-state index contributed by atoms with van der Waals surface area (Å²) in [6.07, 6.45) is 5.44. The number of nitrogens with one attached hydrogen (secondary N) is 1. The third kappa shape index (κ3) is 3.50. The number of thiophene rings is 1. The summed E-state index contributed by atoms with van der Waals surface area (Å²) in [4.78, 5) is 26.9. The molecule has 1 aliphatic heterocycles. The van der Waals surface area contributed by atoms with E-state index in [4.69, 9.17) is 0 Å². The van der Waals surface area contributed by atoms with E-state index in [2.05, 4.69) is 10.4 Å². The van der Waals surface area contributed by atoms with Crippen LogP contribution >= 0.6 is 11.3 Å². The molecule has 0 aromatic carbocycles. The molecular formula is C16H18N4O2S. The Balaban J connectivity index is 1.74. The summed E-state index contributed by atoms with van der Waals surface area (Å²) in [5, 5.41) is 8.89. The van der Waals surface area contributed by atoms with Crippen molar-refractivity contribution in [2.24, 2.45) is 0 Å². The van der Waals surface area contributed by atoms with Crippen molar-refractivity contribution in [2.45, 2.75) is 19.0 Å². The van der Waals surface area contributed by atoms with Gasteiger partial charge in [0.2, 0.25) is 11.8 Å². The number of aromatic nitrogens is 2. The lowest BCUT2D eigenvalue weighted by Gasteiger charge is -2.33. The largest absolute Gasteiger partial charge is 0.359 e. The molecule has 0 saturated heterocycles. The lowest BCUT2D eigenvalue weighted by Crippen LogP contribution is -2.42. The second-order valence-corrected chi connectivity index (χ2v) is 6.35. The lowest BCUT2D eigenvalue weighted by atomic mass is 10.1. The van der Waals surface area contributed by atoms with Crippen molar-refractivity contribution in [1.29, 1.82) is 0 Å². The highest BCUT2D eigenvalue weighted by Gasteiger charge is 2.28. The normalized spacial score (nSPS) is 17.3. The van der Waals surface area contributed by atoms with Crippen molar-refractivity contribution in [3.8, 4) is 0 Å². The molecule has 1 atom stereocenters. The molecule has 0 aliphatic carbocycles. The van der Waals surface area contributed by atoms with Gasteiger partial charge in [0.1, 0.15) is 0 Å². The van der Waals surface area contributed by atoms with Gasteiger partial charge in [-0.3, -0.25) is 14.3 Å². The molecule has 6 nitrogen and oxygen atoms in total. The number of fused-ring (bicyclic) bond motifs is 1. The van der Waals surface area contributed by atoms with Crippen LogP contribution in [-0.2, 0) is 16.1 Å². The first kappa shape index (κ1) is 15.5. The summed E-state index contributed by atoms with van der Waals surface area (Å²) < 4.78 is 1.85. The number of rotatable bonds is 4. The van der Waals surface area contributed by atoms with Gasteiger partial charge < -0.3 is 10.2 Å². The third-order valence-electron chi connectivity index (χ3n) is 3.83. The Morgan fingerprint density at radius 1 is 1.48 bits per heavy atom. The summed E-state index contributed by atoms with van der Waals surface area (Å²) in [5.74, 6) is -0.104. The molecule has 0 saturated carbocycles. The van der Waals surface area contributed by atoms with Crippen molar-refractivity contribution in [1.82, 2.24) is 20.0 Å². The molecule has 0 unspecified atom stereocenters. The van der Waals surface area contributed by atoms with E-state index in [1.54, 1.807) is 35.6 Å². The maximum atomic E-state index is 12.4. The summed E-state index contributed by atoms with van der Waals surface area (Å²) in [6, 6.07) is 5.67. The van der Waals surface area contributed by atoms with Gasteiger partial charge in [0, 0.05) is 30.7 Å². The van der Waals surface area contributed by atoms with Crippen molar-refractivity contribution >= 4 is 29.2 Å². The second kappa shape index (κ2) is 6.78. The van der Waals surface area contributed by atoms with Gasteiger partial charge in [0.15, 0.2) is 0 Å². The fourth-order valence-corrected chi connectivity index (χ4v) is 3.29. The Hall–Kier alpha value is -2.41. The van der Waals surface area contributed by atoms with Crippen LogP contribution in [0.4, 0.5) is 0 Å². The predicted octanol–water partition coefficient (Wildman–Crippen LogP) is 1.68. The van der Waals surface area contributed by atoms with E-state index < -0.39 is 0 Å². The molecule has 0 bridgehead atoms. The average molecular weight is 330 g/mol. The Kier molecular flexibility index (Phi) is 4.57. The minimum atomic E-state index is -0.132. The minimum absolute atomic E-state index is 0.0484. The third-order valence-corrected chi connectivity index (χ3v) is 4.66. The molecular weight excluding hydrogens is 312 g/mol. The van der Waals surface area contributed by atoms with E-state index in [0.29, 0.717) is 19.5 Å². The zero-order valence-corrected chi connectivity index (χ0v) is 13.6. The number of hydrogen-bond acceptors (Lipinski definition) is 4. The SMILES string of the molecule is CNC(=O)C[C@@H]1CN(C(=O)/C=C/c2cccs2)Cc2ccnn21. The maximum absolute atomic E-state index is 12.4. The van der Waals surface area contributed by atoms with Crippen LogP contribution in [-0.4, -0.2) is 40.1 Å². The minimum Gasteiger partial charge on any atom is -0.359 e. The monoisotopic (exact) mass is 330 g/mol. The van der Waals surface area contributed by atoms with Crippen LogP contribution in [0.15, 0.2) is 35.9 Å². The molecule has 1 aliphatic rings. The number of hydrogen-bond donors (Lipinski definition) is 1. The summed E-state index contributed by atoms with van der Waals surface area (Å²) in [7, 11) is 1.61. The molecule has 0 spiro atoms. The zero-order valence-electron chi connectivity index (χ0n) is 12.8. The first-order valence-electron chi connectivity index (χ1n) is 7.41. The molecule has 2 aromatic heterocycles. The Morgan fingerprint density at radius 2 is 2.35 bits per heavy atom. The van der Waals surface area contributed by atoms with Crippen molar-refractivity contribution < 1.29 is 9.59 Å².